The van der Waals surface area contributed by atoms with Gasteiger partial charge in [-0.2, -0.15) is 5.21 Å². The second-order valence-corrected chi connectivity index (χ2v) is 4.34. The van der Waals surface area contributed by atoms with E-state index in [0.717, 1.165) is 26.5 Å². The van der Waals surface area contributed by atoms with E-state index in [-0.39, 0.29) is 0 Å². The molecule has 0 aliphatic heterocycles. The summed E-state index contributed by atoms with van der Waals surface area (Å²) in [5.74, 6) is 0. The molecule has 0 saturated heterocycles. The Bertz CT molecular complexity index is 635. The summed E-state index contributed by atoms with van der Waals surface area (Å²) in [5.41, 5.74) is 3.88. The third-order valence-corrected chi connectivity index (χ3v) is 3.03. The zero-order valence-electron chi connectivity index (χ0n) is 9.32. The van der Waals surface area contributed by atoms with Gasteiger partial charge in [0.1, 0.15) is 0 Å². The highest BCUT2D eigenvalue weighted by Gasteiger charge is 2.10. The summed E-state index contributed by atoms with van der Waals surface area (Å²) in [6, 6.07) is 11.9. The van der Waals surface area contributed by atoms with Crippen molar-refractivity contribution in [2.24, 2.45) is 0 Å². The smallest absolute Gasteiger partial charge is 0.0930 e. The van der Waals surface area contributed by atoms with Gasteiger partial charge in [-0.3, -0.25) is 0 Å². The Balaban J connectivity index is 2.60. The van der Waals surface area contributed by atoms with E-state index < -0.39 is 0 Å². The minimum Gasteiger partial charge on any atom is -0.165 e. The molecule has 0 saturated carbocycles. The average Bonchev–Trinajstić information content (AvgIpc) is 2.52. The fraction of sp³-hybridized carbons (Fsp3) is 0.143. The maximum Gasteiger partial charge on any atom is 0.0930 e. The standard InChI is InChI=1S/C14H12NO/c1-9-3-5-13-11(7-9)12-8-10(2)4-6-14(12)15(13)16/h3-8H,1-2H3. The van der Waals surface area contributed by atoms with Crippen LogP contribution < -0.4 is 0 Å². The number of hydrogen-bond acceptors (Lipinski definition) is 0. The lowest BCUT2D eigenvalue weighted by atomic mass is 10.1. The van der Waals surface area contributed by atoms with Crippen molar-refractivity contribution in [3.05, 3.63) is 47.5 Å². The van der Waals surface area contributed by atoms with E-state index in [2.05, 4.69) is 12.1 Å². The van der Waals surface area contributed by atoms with Gasteiger partial charge < -0.3 is 0 Å². The van der Waals surface area contributed by atoms with Crippen molar-refractivity contribution in [3.8, 4) is 0 Å². The van der Waals surface area contributed by atoms with E-state index in [0.29, 0.717) is 0 Å². The third kappa shape index (κ3) is 1.13. The van der Waals surface area contributed by atoms with Crippen LogP contribution >= 0.6 is 0 Å². The lowest BCUT2D eigenvalue weighted by Crippen LogP contribution is -1.85. The molecule has 2 heteroatoms. The molecule has 3 rings (SSSR count). The molecule has 0 fully saturated rings. The summed E-state index contributed by atoms with van der Waals surface area (Å²) in [5, 5.41) is 14.1. The van der Waals surface area contributed by atoms with Gasteiger partial charge in [0.2, 0.25) is 0 Å². The van der Waals surface area contributed by atoms with Crippen LogP contribution in [-0.2, 0) is 5.21 Å². The topological polar surface area (TPSA) is 24.8 Å². The largest absolute Gasteiger partial charge is 0.165 e. The molecule has 0 N–H and O–H groups in total. The molecular formula is C14H12NO. The van der Waals surface area contributed by atoms with Crippen LogP contribution in [0.25, 0.3) is 21.8 Å². The Kier molecular flexibility index (Phi) is 1.75. The number of hydrogen-bond donors (Lipinski definition) is 0. The Morgan fingerprint density at radius 1 is 0.812 bits per heavy atom. The van der Waals surface area contributed by atoms with E-state index in [4.69, 9.17) is 0 Å². The Hall–Kier alpha value is -1.96. The van der Waals surface area contributed by atoms with E-state index in [9.17, 15) is 5.21 Å². The molecule has 2 aromatic carbocycles. The summed E-state index contributed by atoms with van der Waals surface area (Å²) in [6.07, 6.45) is 0. The van der Waals surface area contributed by atoms with Crippen LogP contribution in [0.1, 0.15) is 11.1 Å². The van der Waals surface area contributed by atoms with Gasteiger partial charge in [0.25, 0.3) is 0 Å². The molecular weight excluding hydrogens is 198 g/mol. The Morgan fingerprint density at radius 2 is 1.25 bits per heavy atom. The first-order valence-corrected chi connectivity index (χ1v) is 5.36. The van der Waals surface area contributed by atoms with Crippen molar-refractivity contribution in [1.82, 2.24) is 4.73 Å². The van der Waals surface area contributed by atoms with Gasteiger partial charge in [-0.05, 0) is 38.1 Å². The van der Waals surface area contributed by atoms with Gasteiger partial charge in [-0.1, -0.05) is 23.3 Å². The van der Waals surface area contributed by atoms with Crippen LogP contribution in [0.15, 0.2) is 36.4 Å². The zero-order valence-corrected chi connectivity index (χ0v) is 9.32. The second kappa shape index (κ2) is 3.01. The summed E-state index contributed by atoms with van der Waals surface area (Å²) in [7, 11) is 0. The van der Waals surface area contributed by atoms with E-state index >= 15 is 0 Å². The lowest BCUT2D eigenvalue weighted by Gasteiger charge is -1.94. The molecule has 1 radical (unpaired) electrons. The van der Waals surface area contributed by atoms with Gasteiger partial charge in [0, 0.05) is 10.8 Å². The SMILES string of the molecule is Cc1ccc2c(c1)c1cc(C)ccc1n2[O]. The highest BCUT2D eigenvalue weighted by molar-refractivity contribution is 6.08. The molecule has 16 heavy (non-hydrogen) atoms. The predicted molar refractivity (Wildman–Crippen MR) is 65.0 cm³/mol. The zero-order chi connectivity index (χ0) is 11.3. The summed E-state index contributed by atoms with van der Waals surface area (Å²) in [4.78, 5) is 0. The maximum atomic E-state index is 12.0. The average molecular weight is 210 g/mol. The normalized spacial score (nSPS) is 11.4. The van der Waals surface area contributed by atoms with E-state index in [1.165, 1.54) is 11.1 Å². The van der Waals surface area contributed by atoms with Crippen molar-refractivity contribution < 1.29 is 5.21 Å². The molecule has 0 aliphatic rings. The first kappa shape index (κ1) is 9.28. The molecule has 0 amide bonds. The number of benzene rings is 2. The molecule has 1 heterocycles. The molecule has 79 valence electrons. The van der Waals surface area contributed by atoms with Crippen LogP contribution in [0.3, 0.4) is 0 Å². The molecule has 0 spiro atoms. The predicted octanol–water partition coefficient (Wildman–Crippen LogP) is 3.60. The molecule has 0 bridgehead atoms. The fourth-order valence-corrected chi connectivity index (χ4v) is 2.22. The molecule has 0 aliphatic carbocycles. The first-order chi connectivity index (χ1) is 7.66. The molecule has 1 aromatic heterocycles. The van der Waals surface area contributed by atoms with Crippen LogP contribution in [-0.4, -0.2) is 4.73 Å². The maximum absolute atomic E-state index is 12.0. The van der Waals surface area contributed by atoms with Gasteiger partial charge in [-0.15, -0.1) is 4.73 Å². The summed E-state index contributed by atoms with van der Waals surface area (Å²) < 4.78 is 1.02. The molecule has 3 aromatic rings. The second-order valence-electron chi connectivity index (χ2n) is 4.34. The quantitative estimate of drug-likeness (QED) is 0.541. The number of aromatic nitrogens is 1. The van der Waals surface area contributed by atoms with Crippen molar-refractivity contribution in [1.29, 1.82) is 0 Å². The Labute approximate surface area is 93.7 Å². The van der Waals surface area contributed by atoms with Crippen LogP contribution in [0.4, 0.5) is 0 Å². The van der Waals surface area contributed by atoms with Gasteiger partial charge in [0.15, 0.2) is 0 Å². The molecule has 2 nitrogen and oxygen atoms in total. The van der Waals surface area contributed by atoms with Crippen LogP contribution in [0, 0.1) is 13.8 Å². The van der Waals surface area contributed by atoms with Gasteiger partial charge >= 0.3 is 0 Å². The van der Waals surface area contributed by atoms with Crippen molar-refractivity contribution in [2.45, 2.75) is 13.8 Å². The minimum absolute atomic E-state index is 0.756. The highest BCUT2D eigenvalue weighted by Crippen LogP contribution is 2.29. The molecule has 0 atom stereocenters. The van der Waals surface area contributed by atoms with Crippen LogP contribution in [0.2, 0.25) is 0 Å². The first-order valence-electron chi connectivity index (χ1n) is 5.36. The lowest BCUT2D eigenvalue weighted by molar-refractivity contribution is 0.114. The number of fused-ring (bicyclic) bond motifs is 3. The van der Waals surface area contributed by atoms with Crippen molar-refractivity contribution in [2.75, 3.05) is 0 Å². The van der Waals surface area contributed by atoms with Crippen LogP contribution in [0.5, 0.6) is 0 Å². The monoisotopic (exact) mass is 210 g/mol. The fourth-order valence-electron chi connectivity index (χ4n) is 2.22. The van der Waals surface area contributed by atoms with Crippen molar-refractivity contribution in [3.63, 3.8) is 0 Å². The number of aryl methyl sites for hydroxylation is 2. The Morgan fingerprint density at radius 3 is 1.69 bits per heavy atom. The highest BCUT2D eigenvalue weighted by atomic mass is 16.5. The minimum atomic E-state index is 0.756. The molecule has 0 unspecified atom stereocenters. The number of rotatable bonds is 0. The third-order valence-electron chi connectivity index (χ3n) is 3.03. The van der Waals surface area contributed by atoms with E-state index in [1.54, 1.807) is 0 Å². The number of nitrogens with zero attached hydrogens (tertiary/aromatic N) is 1. The summed E-state index contributed by atoms with van der Waals surface area (Å²) >= 11 is 0. The van der Waals surface area contributed by atoms with E-state index in [1.807, 2.05) is 38.1 Å². The summed E-state index contributed by atoms with van der Waals surface area (Å²) in [6.45, 7) is 4.09. The van der Waals surface area contributed by atoms with Gasteiger partial charge in [0.05, 0.1) is 11.0 Å². The van der Waals surface area contributed by atoms with Crippen molar-refractivity contribution >= 4 is 21.8 Å². The van der Waals surface area contributed by atoms with Gasteiger partial charge in [-0.25, -0.2) is 0 Å².